The number of ketones is 1. The Balaban J connectivity index is 1.63. The maximum absolute atomic E-state index is 13.3. The van der Waals surface area contributed by atoms with Crippen molar-refractivity contribution in [3.8, 4) is 11.4 Å². The molecule has 0 radical (unpaired) electrons. The summed E-state index contributed by atoms with van der Waals surface area (Å²) in [7, 11) is 0. The van der Waals surface area contributed by atoms with E-state index in [0.717, 1.165) is 49.4 Å². The Morgan fingerprint density at radius 1 is 1.15 bits per heavy atom. The molecule has 2 heterocycles. The number of hydrogen-bond donors (Lipinski definition) is 0. The van der Waals surface area contributed by atoms with Gasteiger partial charge in [-0.15, -0.1) is 10.2 Å². The van der Waals surface area contributed by atoms with Crippen molar-refractivity contribution in [1.29, 1.82) is 0 Å². The summed E-state index contributed by atoms with van der Waals surface area (Å²) in [6.07, 6.45) is 5.81. The normalized spacial score (nSPS) is 23.5. The van der Waals surface area contributed by atoms with Crippen LogP contribution < -0.4 is 0 Å². The van der Waals surface area contributed by atoms with E-state index in [1.165, 1.54) is 23.9 Å². The number of benzene rings is 1. The molecule has 5 nitrogen and oxygen atoms in total. The van der Waals surface area contributed by atoms with Gasteiger partial charge in [0.25, 0.3) is 0 Å². The number of hydrogen-bond acceptors (Lipinski definition) is 5. The lowest BCUT2D eigenvalue weighted by atomic mass is 9.99. The molecule has 1 saturated carbocycles. The maximum Gasteiger partial charge on any atom is 0.192 e. The Kier molecular flexibility index (Phi) is 5.36. The van der Waals surface area contributed by atoms with Crippen molar-refractivity contribution < 1.29 is 13.9 Å². The summed E-state index contributed by atoms with van der Waals surface area (Å²) in [6, 6.07) is 6.28. The lowest BCUT2D eigenvalue weighted by Gasteiger charge is -2.20. The minimum Gasteiger partial charge on any atom is -0.376 e. The van der Waals surface area contributed by atoms with E-state index in [0.29, 0.717) is 24.6 Å². The molecule has 0 N–H and O–H groups in total. The van der Waals surface area contributed by atoms with E-state index in [-0.39, 0.29) is 17.2 Å². The summed E-state index contributed by atoms with van der Waals surface area (Å²) in [6.45, 7) is 1.44. The Morgan fingerprint density at radius 2 is 2.00 bits per heavy atom. The summed E-state index contributed by atoms with van der Waals surface area (Å²) < 4.78 is 21.1. The zero-order valence-corrected chi connectivity index (χ0v) is 15.4. The van der Waals surface area contributed by atoms with E-state index in [1.807, 2.05) is 4.57 Å². The third-order valence-electron chi connectivity index (χ3n) is 4.98. The van der Waals surface area contributed by atoms with Gasteiger partial charge in [-0.2, -0.15) is 0 Å². The molecule has 2 aromatic rings. The first-order valence-electron chi connectivity index (χ1n) is 9.21. The van der Waals surface area contributed by atoms with Crippen molar-refractivity contribution in [2.24, 2.45) is 0 Å². The van der Waals surface area contributed by atoms with Gasteiger partial charge in [0.05, 0.1) is 17.9 Å². The van der Waals surface area contributed by atoms with Crippen molar-refractivity contribution in [2.75, 3.05) is 6.61 Å². The highest BCUT2D eigenvalue weighted by atomic mass is 32.2. The van der Waals surface area contributed by atoms with Crippen LogP contribution >= 0.6 is 11.8 Å². The molecule has 1 saturated heterocycles. The van der Waals surface area contributed by atoms with E-state index < -0.39 is 0 Å². The Morgan fingerprint density at radius 3 is 2.73 bits per heavy atom. The molecular weight excluding hydrogens is 353 g/mol. The highest BCUT2D eigenvalue weighted by molar-refractivity contribution is 8.00. The second-order valence-electron chi connectivity index (χ2n) is 6.88. The molecule has 138 valence electrons. The minimum absolute atomic E-state index is 0.0442. The third kappa shape index (κ3) is 3.83. The number of thioether (sulfide) groups is 1. The predicted octanol–water partition coefficient (Wildman–Crippen LogP) is 3.87. The molecule has 1 aromatic carbocycles. The summed E-state index contributed by atoms with van der Waals surface area (Å²) >= 11 is 1.51. The van der Waals surface area contributed by atoms with Gasteiger partial charge in [-0.05, 0) is 49.9 Å². The quantitative estimate of drug-likeness (QED) is 0.794. The summed E-state index contributed by atoms with van der Waals surface area (Å²) in [5, 5.41) is 9.42. The number of aromatic nitrogens is 3. The lowest BCUT2D eigenvalue weighted by molar-refractivity contribution is -0.119. The fourth-order valence-corrected chi connectivity index (χ4v) is 4.71. The zero-order chi connectivity index (χ0) is 17.9. The first-order chi connectivity index (χ1) is 12.7. The molecule has 1 aliphatic carbocycles. The molecule has 2 atom stereocenters. The fourth-order valence-electron chi connectivity index (χ4n) is 3.55. The number of halogens is 1. The lowest BCUT2D eigenvalue weighted by Crippen LogP contribution is -2.23. The number of Topliss-reactive ketones (excluding diaryl/α,β-unsaturated/α-hetero) is 1. The van der Waals surface area contributed by atoms with E-state index in [4.69, 9.17) is 4.74 Å². The summed E-state index contributed by atoms with van der Waals surface area (Å²) in [4.78, 5) is 12.2. The van der Waals surface area contributed by atoms with Gasteiger partial charge in [0.1, 0.15) is 11.6 Å². The number of rotatable bonds is 5. The highest BCUT2D eigenvalue weighted by Gasteiger charge is 2.28. The van der Waals surface area contributed by atoms with Crippen LogP contribution in [0.2, 0.25) is 0 Å². The van der Waals surface area contributed by atoms with Crippen molar-refractivity contribution in [3.63, 3.8) is 0 Å². The zero-order valence-electron chi connectivity index (χ0n) is 14.6. The van der Waals surface area contributed by atoms with Gasteiger partial charge >= 0.3 is 0 Å². The van der Waals surface area contributed by atoms with Crippen LogP contribution in [0.25, 0.3) is 11.4 Å². The van der Waals surface area contributed by atoms with Gasteiger partial charge in [0.15, 0.2) is 11.0 Å². The average Bonchev–Trinajstić information content (AvgIpc) is 3.29. The molecule has 2 fully saturated rings. The average molecular weight is 375 g/mol. The largest absolute Gasteiger partial charge is 0.376 e. The standard InChI is InChI=1S/C19H22FN3O2S/c20-14-9-7-13(8-10-14)18-21-22-19(23(18)12-15-4-3-11-25-15)26-17-6-2-1-5-16(17)24/h7-10,15,17H,1-6,11-12H2/t15-,17+/m0/s1. The molecule has 7 heteroatoms. The summed E-state index contributed by atoms with van der Waals surface area (Å²) in [5.74, 6) is 0.726. The molecule has 2 aliphatic rings. The molecule has 4 rings (SSSR count). The van der Waals surface area contributed by atoms with E-state index in [9.17, 15) is 9.18 Å². The topological polar surface area (TPSA) is 57.0 Å². The minimum atomic E-state index is -0.277. The molecule has 0 amide bonds. The van der Waals surface area contributed by atoms with E-state index in [2.05, 4.69) is 10.2 Å². The molecular formula is C19H22FN3O2S. The fraction of sp³-hybridized carbons (Fsp3) is 0.526. The Hall–Kier alpha value is -1.73. The predicted molar refractivity (Wildman–Crippen MR) is 97.5 cm³/mol. The molecule has 26 heavy (non-hydrogen) atoms. The maximum atomic E-state index is 13.3. The highest BCUT2D eigenvalue weighted by Crippen LogP contribution is 2.33. The van der Waals surface area contributed by atoms with Gasteiger partial charge in [-0.3, -0.25) is 9.36 Å². The monoisotopic (exact) mass is 375 g/mol. The number of carbonyl (C=O) groups is 1. The van der Waals surface area contributed by atoms with Crippen LogP contribution in [0, 0.1) is 5.82 Å². The van der Waals surface area contributed by atoms with Crippen molar-refractivity contribution in [1.82, 2.24) is 14.8 Å². The van der Waals surface area contributed by atoms with Crippen LogP contribution in [0.3, 0.4) is 0 Å². The summed E-state index contributed by atoms with van der Waals surface area (Å²) in [5.41, 5.74) is 0.818. The van der Waals surface area contributed by atoms with Gasteiger partial charge in [0, 0.05) is 18.6 Å². The number of carbonyl (C=O) groups excluding carboxylic acids is 1. The van der Waals surface area contributed by atoms with E-state index in [1.54, 1.807) is 12.1 Å². The first-order valence-corrected chi connectivity index (χ1v) is 10.1. The molecule has 0 spiro atoms. The second kappa shape index (κ2) is 7.88. The Labute approximate surface area is 156 Å². The van der Waals surface area contributed by atoms with Gasteiger partial charge in [0.2, 0.25) is 0 Å². The van der Waals surface area contributed by atoms with Crippen molar-refractivity contribution in [3.05, 3.63) is 30.1 Å². The van der Waals surface area contributed by atoms with Gasteiger partial charge in [-0.25, -0.2) is 4.39 Å². The van der Waals surface area contributed by atoms with Crippen molar-refractivity contribution in [2.45, 2.75) is 61.6 Å². The van der Waals surface area contributed by atoms with Crippen LogP contribution in [-0.2, 0) is 16.1 Å². The molecule has 1 aromatic heterocycles. The SMILES string of the molecule is O=C1CCCC[C@H]1Sc1nnc(-c2ccc(F)cc2)n1C[C@@H]1CCCO1. The number of ether oxygens (including phenoxy) is 1. The second-order valence-corrected chi connectivity index (χ2v) is 8.05. The van der Waals surface area contributed by atoms with Gasteiger partial charge in [-0.1, -0.05) is 18.2 Å². The first kappa shape index (κ1) is 17.7. The third-order valence-corrected chi connectivity index (χ3v) is 6.27. The van der Waals surface area contributed by atoms with Crippen LogP contribution in [0.15, 0.2) is 29.4 Å². The van der Waals surface area contributed by atoms with Gasteiger partial charge < -0.3 is 4.74 Å². The Bertz CT molecular complexity index is 772. The van der Waals surface area contributed by atoms with Crippen molar-refractivity contribution >= 4 is 17.5 Å². The number of nitrogens with zero attached hydrogens (tertiary/aromatic N) is 3. The molecule has 0 bridgehead atoms. The smallest absolute Gasteiger partial charge is 0.192 e. The van der Waals surface area contributed by atoms with E-state index >= 15 is 0 Å². The van der Waals surface area contributed by atoms with Crippen LogP contribution in [-0.4, -0.2) is 38.5 Å². The van der Waals surface area contributed by atoms with Crippen LogP contribution in [0.5, 0.6) is 0 Å². The molecule has 1 aliphatic heterocycles. The van der Waals surface area contributed by atoms with Crippen LogP contribution in [0.4, 0.5) is 4.39 Å². The van der Waals surface area contributed by atoms with Crippen LogP contribution in [0.1, 0.15) is 38.5 Å². The molecule has 0 unspecified atom stereocenters.